The van der Waals surface area contributed by atoms with E-state index in [9.17, 15) is 4.79 Å². The number of hydrogen-bond donors (Lipinski definition) is 2. The second-order valence-corrected chi connectivity index (χ2v) is 7.93. The molecule has 1 saturated carbocycles. The molecule has 1 fully saturated rings. The summed E-state index contributed by atoms with van der Waals surface area (Å²) >= 11 is 6.93. The molecule has 86 valence electrons. The summed E-state index contributed by atoms with van der Waals surface area (Å²) in [5.74, 6) is -0.0231. The van der Waals surface area contributed by atoms with Crippen LogP contribution in [0.1, 0.15) is 13.3 Å². The maximum absolute atomic E-state index is 11.9. The highest BCUT2D eigenvalue weighted by Gasteiger charge is 2.66. The lowest BCUT2D eigenvalue weighted by Gasteiger charge is -2.14. The molecule has 16 heavy (non-hydrogen) atoms. The van der Waals surface area contributed by atoms with Gasteiger partial charge < -0.3 is 0 Å². The highest BCUT2D eigenvalue weighted by atomic mass is 79.9. The molecule has 1 atom stereocenters. The molecule has 0 aromatic heterocycles. The summed E-state index contributed by atoms with van der Waals surface area (Å²) in [6.07, 6.45) is 0.780. The third kappa shape index (κ3) is 2.11. The molecule has 1 aliphatic carbocycles. The van der Waals surface area contributed by atoms with Crippen molar-refractivity contribution in [2.45, 2.75) is 16.6 Å². The zero-order valence-corrected chi connectivity index (χ0v) is 11.9. The minimum Gasteiger partial charge on any atom is -0.299 e. The summed E-state index contributed by atoms with van der Waals surface area (Å²) in [7, 11) is 0. The molecule has 2 N–H and O–H groups in total. The van der Waals surface area contributed by atoms with Gasteiger partial charge in [-0.1, -0.05) is 50.1 Å². The van der Waals surface area contributed by atoms with E-state index in [0.29, 0.717) is 0 Å². The second-order valence-electron chi connectivity index (χ2n) is 4.16. The molecule has 0 saturated heterocycles. The Morgan fingerprint density at radius 3 is 2.38 bits per heavy atom. The first-order valence-electron chi connectivity index (χ1n) is 4.95. The van der Waals surface area contributed by atoms with E-state index in [1.54, 1.807) is 0 Å². The molecule has 0 heterocycles. The number of halogens is 2. The van der Waals surface area contributed by atoms with E-state index in [-0.39, 0.29) is 9.14 Å². The van der Waals surface area contributed by atoms with Crippen molar-refractivity contribution in [3.63, 3.8) is 0 Å². The monoisotopic (exact) mass is 346 g/mol. The van der Waals surface area contributed by atoms with E-state index in [1.165, 1.54) is 0 Å². The van der Waals surface area contributed by atoms with Crippen LogP contribution in [0.2, 0.25) is 0 Å². The molecule has 0 spiro atoms. The molecule has 0 radical (unpaired) electrons. The van der Waals surface area contributed by atoms with Gasteiger partial charge in [0.05, 0.1) is 14.3 Å². The third-order valence-electron chi connectivity index (χ3n) is 2.85. The number of rotatable bonds is 3. The van der Waals surface area contributed by atoms with Crippen LogP contribution in [0, 0.1) is 5.41 Å². The maximum Gasteiger partial charge on any atom is 0.246 e. The zero-order chi connectivity index (χ0) is 11.8. The number of amides is 1. The van der Waals surface area contributed by atoms with Gasteiger partial charge in [-0.15, -0.1) is 0 Å². The van der Waals surface area contributed by atoms with Crippen molar-refractivity contribution < 1.29 is 4.79 Å². The number of carbonyl (C=O) groups excluding carboxylic acids is 1. The Balaban J connectivity index is 1.91. The van der Waals surface area contributed by atoms with Gasteiger partial charge in [0.1, 0.15) is 0 Å². The smallest absolute Gasteiger partial charge is 0.246 e. The van der Waals surface area contributed by atoms with E-state index in [1.807, 2.05) is 37.3 Å². The van der Waals surface area contributed by atoms with Gasteiger partial charge in [-0.05, 0) is 25.5 Å². The average molecular weight is 348 g/mol. The van der Waals surface area contributed by atoms with Crippen molar-refractivity contribution in [2.24, 2.45) is 5.41 Å². The molecular weight excluding hydrogens is 336 g/mol. The molecule has 1 amide bonds. The first-order chi connectivity index (χ1) is 7.46. The SMILES string of the molecule is CC1(C(=O)NNc2ccccc2)CC1(Br)Br. The summed E-state index contributed by atoms with van der Waals surface area (Å²) in [6, 6.07) is 9.53. The fraction of sp³-hybridized carbons (Fsp3) is 0.364. The van der Waals surface area contributed by atoms with Gasteiger partial charge >= 0.3 is 0 Å². The normalized spacial score (nSPS) is 25.9. The first-order valence-corrected chi connectivity index (χ1v) is 6.54. The highest BCUT2D eigenvalue weighted by Crippen LogP contribution is 2.66. The Labute approximate surface area is 111 Å². The van der Waals surface area contributed by atoms with Crippen LogP contribution in [-0.4, -0.2) is 9.14 Å². The Morgan fingerprint density at radius 2 is 1.88 bits per heavy atom. The number of para-hydroxylation sites is 1. The Hall–Kier alpha value is -0.550. The number of benzene rings is 1. The summed E-state index contributed by atoms with van der Waals surface area (Å²) in [6.45, 7) is 1.92. The van der Waals surface area contributed by atoms with Gasteiger partial charge in [0.25, 0.3) is 0 Å². The second kappa shape index (κ2) is 4.04. The number of anilines is 1. The van der Waals surface area contributed by atoms with Crippen molar-refractivity contribution >= 4 is 43.5 Å². The van der Waals surface area contributed by atoms with Crippen LogP contribution < -0.4 is 10.9 Å². The summed E-state index contributed by atoms with van der Waals surface area (Å²) in [5, 5.41) is 0. The topological polar surface area (TPSA) is 41.1 Å². The Bertz CT molecular complexity index is 408. The van der Waals surface area contributed by atoms with Crippen molar-refractivity contribution in [3.8, 4) is 0 Å². The standard InChI is InChI=1S/C11H12Br2N2O/c1-10(7-11(10,12)13)9(16)15-14-8-5-3-2-4-6-8/h2-6,14H,7H2,1H3,(H,15,16). The number of alkyl halides is 2. The summed E-state index contributed by atoms with van der Waals surface area (Å²) < 4.78 is -0.255. The molecule has 1 unspecified atom stereocenters. The number of nitrogens with one attached hydrogen (secondary N) is 2. The van der Waals surface area contributed by atoms with Crippen molar-refractivity contribution in [3.05, 3.63) is 30.3 Å². The van der Waals surface area contributed by atoms with Crippen LogP contribution in [0.5, 0.6) is 0 Å². The third-order valence-corrected chi connectivity index (χ3v) is 5.16. The molecule has 5 heteroatoms. The largest absolute Gasteiger partial charge is 0.299 e. The van der Waals surface area contributed by atoms with Gasteiger partial charge in [0.2, 0.25) is 5.91 Å². The van der Waals surface area contributed by atoms with Crippen molar-refractivity contribution in [2.75, 3.05) is 5.43 Å². The highest BCUT2D eigenvalue weighted by molar-refractivity contribution is 9.25. The lowest BCUT2D eigenvalue weighted by Crippen LogP contribution is -2.37. The number of hydrazine groups is 1. The van der Waals surface area contributed by atoms with Gasteiger partial charge in [-0.3, -0.25) is 15.6 Å². The molecule has 1 aromatic rings. The molecule has 1 aliphatic rings. The first kappa shape index (κ1) is 11.9. The molecule has 0 aliphatic heterocycles. The fourth-order valence-electron chi connectivity index (χ4n) is 1.43. The van der Waals surface area contributed by atoms with Crippen LogP contribution >= 0.6 is 31.9 Å². The van der Waals surface area contributed by atoms with Gasteiger partial charge in [-0.25, -0.2) is 0 Å². The molecular formula is C11H12Br2N2O. The van der Waals surface area contributed by atoms with E-state index in [0.717, 1.165) is 12.1 Å². The van der Waals surface area contributed by atoms with Crippen LogP contribution in [0.3, 0.4) is 0 Å². The lowest BCUT2D eigenvalue weighted by molar-refractivity contribution is -0.125. The predicted octanol–water partition coefficient (Wildman–Crippen LogP) is 3.03. The molecule has 1 aromatic carbocycles. The number of hydrogen-bond acceptors (Lipinski definition) is 2. The maximum atomic E-state index is 11.9. The van der Waals surface area contributed by atoms with Crippen LogP contribution in [0.4, 0.5) is 5.69 Å². The minimum absolute atomic E-state index is 0.0231. The Morgan fingerprint density at radius 1 is 1.31 bits per heavy atom. The van der Waals surface area contributed by atoms with Gasteiger partial charge in [0.15, 0.2) is 0 Å². The van der Waals surface area contributed by atoms with Crippen LogP contribution in [0.25, 0.3) is 0 Å². The van der Waals surface area contributed by atoms with E-state index in [4.69, 9.17) is 0 Å². The van der Waals surface area contributed by atoms with Crippen molar-refractivity contribution in [1.82, 2.24) is 5.43 Å². The fourth-order valence-corrected chi connectivity index (χ4v) is 2.92. The summed E-state index contributed by atoms with van der Waals surface area (Å²) in [5.41, 5.74) is 6.07. The zero-order valence-electron chi connectivity index (χ0n) is 8.76. The van der Waals surface area contributed by atoms with Crippen LogP contribution in [0.15, 0.2) is 30.3 Å². The van der Waals surface area contributed by atoms with Gasteiger partial charge in [0, 0.05) is 0 Å². The predicted molar refractivity (Wildman–Crippen MR) is 71.5 cm³/mol. The summed E-state index contributed by atoms with van der Waals surface area (Å²) in [4.78, 5) is 11.9. The number of carbonyl (C=O) groups is 1. The minimum atomic E-state index is -0.394. The van der Waals surface area contributed by atoms with E-state index >= 15 is 0 Å². The van der Waals surface area contributed by atoms with Gasteiger partial charge in [-0.2, -0.15) is 0 Å². The molecule has 3 nitrogen and oxygen atoms in total. The molecule has 0 bridgehead atoms. The quantitative estimate of drug-likeness (QED) is 0.651. The van der Waals surface area contributed by atoms with Crippen LogP contribution in [-0.2, 0) is 4.79 Å². The van der Waals surface area contributed by atoms with E-state index < -0.39 is 5.41 Å². The molecule has 2 rings (SSSR count). The lowest BCUT2D eigenvalue weighted by atomic mass is 10.1. The Kier molecular flexibility index (Phi) is 3.01. The van der Waals surface area contributed by atoms with Crippen molar-refractivity contribution in [1.29, 1.82) is 0 Å². The van der Waals surface area contributed by atoms with E-state index in [2.05, 4.69) is 42.7 Å². The average Bonchev–Trinajstić information content (AvgIpc) is 2.78.